The molecule has 0 spiro atoms. The van der Waals surface area contributed by atoms with E-state index in [2.05, 4.69) is 13.8 Å². The van der Waals surface area contributed by atoms with Crippen LogP contribution in [-0.4, -0.2) is 30.0 Å². The van der Waals surface area contributed by atoms with E-state index in [1.54, 1.807) is 0 Å². The third kappa shape index (κ3) is 11.0. The van der Waals surface area contributed by atoms with Crippen LogP contribution in [0.3, 0.4) is 0 Å². The number of hydrogen-bond donors (Lipinski definition) is 1. The molecule has 1 unspecified atom stereocenters. The first-order valence-corrected chi connectivity index (χ1v) is 8.05. The van der Waals surface area contributed by atoms with Crippen molar-refractivity contribution in [2.75, 3.05) is 14.1 Å². The second-order valence-corrected chi connectivity index (χ2v) is 6.30. The lowest BCUT2D eigenvalue weighted by atomic mass is 10.0. The van der Waals surface area contributed by atoms with Crippen molar-refractivity contribution < 1.29 is 9.85 Å². The molecule has 0 aromatic carbocycles. The van der Waals surface area contributed by atoms with Gasteiger partial charge in [0, 0.05) is 6.42 Å². The molecule has 0 aliphatic carbocycles. The summed E-state index contributed by atoms with van der Waals surface area (Å²) in [6.07, 6.45) is 15.0. The van der Waals surface area contributed by atoms with E-state index in [9.17, 15) is 5.21 Å². The van der Waals surface area contributed by atoms with Crippen LogP contribution in [0.25, 0.3) is 0 Å². The summed E-state index contributed by atoms with van der Waals surface area (Å²) >= 11 is 0. The van der Waals surface area contributed by atoms with E-state index in [1.165, 1.54) is 64.2 Å². The van der Waals surface area contributed by atoms with Gasteiger partial charge >= 0.3 is 0 Å². The molecule has 0 bridgehead atoms. The average Bonchev–Trinajstić information content (AvgIpc) is 2.30. The zero-order chi connectivity index (χ0) is 13.9. The molecule has 18 heavy (non-hydrogen) atoms. The summed E-state index contributed by atoms with van der Waals surface area (Å²) in [7, 11) is 3.72. The Bertz CT molecular complexity index is 174. The average molecular weight is 258 g/mol. The van der Waals surface area contributed by atoms with E-state index in [-0.39, 0.29) is 4.65 Å². The highest BCUT2D eigenvalue weighted by molar-refractivity contribution is 4.51. The highest BCUT2D eigenvalue weighted by Gasteiger charge is 2.20. The van der Waals surface area contributed by atoms with Gasteiger partial charge < -0.3 is 0 Å². The first-order valence-electron chi connectivity index (χ1n) is 8.05. The van der Waals surface area contributed by atoms with Crippen molar-refractivity contribution in [1.82, 2.24) is 0 Å². The molecule has 2 heteroatoms. The highest BCUT2D eigenvalue weighted by atomic mass is 16.5. The predicted molar refractivity (Wildman–Crippen MR) is 79.8 cm³/mol. The summed E-state index contributed by atoms with van der Waals surface area (Å²) in [5.41, 5.74) is 0. The van der Waals surface area contributed by atoms with Crippen molar-refractivity contribution in [3.8, 4) is 0 Å². The fourth-order valence-corrected chi connectivity index (χ4v) is 2.24. The molecule has 0 aliphatic rings. The molecule has 0 fully saturated rings. The van der Waals surface area contributed by atoms with Crippen LogP contribution in [0, 0.1) is 0 Å². The number of quaternary nitrogens is 1. The normalized spacial score (nSPS) is 13.8. The Hall–Kier alpha value is -0.0800. The van der Waals surface area contributed by atoms with Gasteiger partial charge in [-0.1, -0.05) is 64.7 Å². The second-order valence-electron chi connectivity index (χ2n) is 6.30. The van der Waals surface area contributed by atoms with Gasteiger partial charge in [0.2, 0.25) is 0 Å². The minimum Gasteiger partial charge on any atom is -0.217 e. The molecule has 1 atom stereocenters. The van der Waals surface area contributed by atoms with Crippen molar-refractivity contribution in [2.24, 2.45) is 0 Å². The number of hydrogen-bond acceptors (Lipinski definition) is 1. The first kappa shape index (κ1) is 17.9. The minimum atomic E-state index is 0.109. The Kier molecular flexibility index (Phi) is 10.8. The van der Waals surface area contributed by atoms with E-state index in [4.69, 9.17) is 0 Å². The van der Waals surface area contributed by atoms with E-state index in [0.29, 0.717) is 6.04 Å². The van der Waals surface area contributed by atoms with Gasteiger partial charge in [-0.05, 0) is 13.3 Å². The van der Waals surface area contributed by atoms with Gasteiger partial charge in [-0.3, -0.25) is 0 Å². The monoisotopic (exact) mass is 258 g/mol. The van der Waals surface area contributed by atoms with Gasteiger partial charge in [0.25, 0.3) is 0 Å². The SMILES string of the molecule is CCCCCCCCCCCCC(C)[N+](C)(C)O. The summed E-state index contributed by atoms with van der Waals surface area (Å²) in [4.78, 5) is 0. The Balaban J connectivity index is 3.17. The Morgan fingerprint density at radius 3 is 1.56 bits per heavy atom. The molecule has 0 radical (unpaired) electrons. The number of rotatable bonds is 12. The van der Waals surface area contributed by atoms with E-state index in [0.717, 1.165) is 6.42 Å². The van der Waals surface area contributed by atoms with Crippen LogP contribution in [0.15, 0.2) is 0 Å². The maximum absolute atomic E-state index is 9.77. The maximum Gasteiger partial charge on any atom is 0.116 e. The zero-order valence-electron chi connectivity index (χ0n) is 13.2. The lowest BCUT2D eigenvalue weighted by molar-refractivity contribution is -1.09. The predicted octanol–water partition coefficient (Wildman–Crippen LogP) is 5.15. The fourth-order valence-electron chi connectivity index (χ4n) is 2.24. The Labute approximate surface area is 115 Å². The molecule has 2 nitrogen and oxygen atoms in total. The van der Waals surface area contributed by atoms with Crippen molar-refractivity contribution >= 4 is 0 Å². The summed E-state index contributed by atoms with van der Waals surface area (Å²) in [6, 6.07) is 0.360. The molecule has 110 valence electrons. The van der Waals surface area contributed by atoms with Crippen molar-refractivity contribution in [3.05, 3.63) is 0 Å². The molecule has 0 aromatic rings. The lowest BCUT2D eigenvalue weighted by Gasteiger charge is -2.27. The molecule has 0 saturated carbocycles. The molecule has 0 rings (SSSR count). The van der Waals surface area contributed by atoms with Gasteiger partial charge in [-0.15, -0.1) is 0 Å². The largest absolute Gasteiger partial charge is 0.217 e. The molecule has 0 amide bonds. The summed E-state index contributed by atoms with van der Waals surface area (Å²) in [5, 5.41) is 9.77. The number of hydroxylamine groups is 3. The molecule has 0 aromatic heterocycles. The van der Waals surface area contributed by atoms with Crippen LogP contribution in [0.1, 0.15) is 84.5 Å². The van der Waals surface area contributed by atoms with E-state index >= 15 is 0 Å². The maximum atomic E-state index is 9.77. The molecule has 0 aliphatic heterocycles. The summed E-state index contributed by atoms with van der Waals surface area (Å²) in [5.74, 6) is 0. The van der Waals surface area contributed by atoms with Crippen LogP contribution < -0.4 is 0 Å². The molecule has 1 N–H and O–H groups in total. The van der Waals surface area contributed by atoms with Crippen molar-refractivity contribution in [3.63, 3.8) is 0 Å². The lowest BCUT2D eigenvalue weighted by Crippen LogP contribution is -2.43. The van der Waals surface area contributed by atoms with Gasteiger partial charge in [0.05, 0.1) is 14.1 Å². The van der Waals surface area contributed by atoms with Crippen molar-refractivity contribution in [2.45, 2.75) is 90.5 Å². The number of nitrogens with zero attached hydrogens (tertiary/aromatic N) is 1. The van der Waals surface area contributed by atoms with Gasteiger partial charge in [-0.25, -0.2) is 5.21 Å². The Morgan fingerprint density at radius 1 is 0.778 bits per heavy atom. The smallest absolute Gasteiger partial charge is 0.116 e. The Morgan fingerprint density at radius 2 is 1.17 bits per heavy atom. The molecular formula is C16H36NO+. The zero-order valence-corrected chi connectivity index (χ0v) is 13.2. The van der Waals surface area contributed by atoms with Crippen LogP contribution >= 0.6 is 0 Å². The van der Waals surface area contributed by atoms with E-state index in [1.807, 2.05) is 14.1 Å². The van der Waals surface area contributed by atoms with Crippen LogP contribution in [0.4, 0.5) is 0 Å². The third-order valence-corrected chi connectivity index (χ3v) is 4.05. The topological polar surface area (TPSA) is 20.2 Å². The van der Waals surface area contributed by atoms with Crippen LogP contribution in [0.2, 0.25) is 0 Å². The van der Waals surface area contributed by atoms with Gasteiger partial charge in [-0.2, -0.15) is 4.65 Å². The van der Waals surface area contributed by atoms with Crippen LogP contribution in [0.5, 0.6) is 0 Å². The standard InChI is InChI=1S/C16H36NO/c1-5-6-7-8-9-10-11-12-13-14-15-16(2)17(3,4)18/h16,18H,5-15H2,1-4H3/q+1. The summed E-state index contributed by atoms with van der Waals surface area (Å²) < 4.78 is 0.109. The molecule has 0 saturated heterocycles. The van der Waals surface area contributed by atoms with Gasteiger partial charge in [0.15, 0.2) is 0 Å². The molecule has 0 heterocycles. The minimum absolute atomic E-state index is 0.109. The highest BCUT2D eigenvalue weighted by Crippen LogP contribution is 2.14. The second kappa shape index (κ2) is 10.8. The third-order valence-electron chi connectivity index (χ3n) is 4.05. The fraction of sp³-hybridized carbons (Fsp3) is 1.00. The first-order chi connectivity index (χ1) is 8.48. The van der Waals surface area contributed by atoms with Crippen molar-refractivity contribution in [1.29, 1.82) is 0 Å². The quantitative estimate of drug-likeness (QED) is 0.291. The summed E-state index contributed by atoms with van der Waals surface area (Å²) in [6.45, 7) is 4.40. The van der Waals surface area contributed by atoms with Gasteiger partial charge in [0.1, 0.15) is 6.04 Å². The molecular weight excluding hydrogens is 222 g/mol. The number of unbranched alkanes of at least 4 members (excludes halogenated alkanes) is 9. The van der Waals surface area contributed by atoms with E-state index < -0.39 is 0 Å². The van der Waals surface area contributed by atoms with Crippen LogP contribution in [-0.2, 0) is 0 Å².